The van der Waals surface area contributed by atoms with Crippen molar-refractivity contribution in [1.29, 1.82) is 0 Å². The van der Waals surface area contributed by atoms with Crippen LogP contribution in [0, 0.1) is 0 Å². The van der Waals surface area contributed by atoms with E-state index in [0.717, 1.165) is 36.6 Å². The van der Waals surface area contributed by atoms with Crippen LogP contribution in [0.4, 0.5) is 0 Å². The van der Waals surface area contributed by atoms with Crippen LogP contribution in [0.1, 0.15) is 12.0 Å². The fourth-order valence-electron chi connectivity index (χ4n) is 2.19. The third-order valence-electron chi connectivity index (χ3n) is 3.35. The molecule has 1 aromatic carbocycles. The molecule has 1 aliphatic rings. The summed E-state index contributed by atoms with van der Waals surface area (Å²) in [5.74, 6) is 1.52. The van der Waals surface area contributed by atoms with Crippen LogP contribution in [0.15, 0.2) is 18.2 Å². The maximum Gasteiger partial charge on any atom is 0.231 e. The molecule has 1 heterocycles. The SMILES string of the molecule is CN(C)CCCNC[C@@H](O)COCc1ccc2c(c1)OCO2. The molecule has 0 saturated heterocycles. The van der Waals surface area contributed by atoms with E-state index in [9.17, 15) is 5.11 Å². The number of hydrogen-bond donors (Lipinski definition) is 2. The highest BCUT2D eigenvalue weighted by Crippen LogP contribution is 2.32. The third-order valence-corrected chi connectivity index (χ3v) is 3.35. The van der Waals surface area contributed by atoms with Gasteiger partial charge in [0.15, 0.2) is 11.5 Å². The van der Waals surface area contributed by atoms with Crippen LogP contribution < -0.4 is 14.8 Å². The van der Waals surface area contributed by atoms with Gasteiger partial charge in [-0.2, -0.15) is 0 Å². The maximum atomic E-state index is 9.85. The minimum atomic E-state index is -0.492. The van der Waals surface area contributed by atoms with E-state index in [-0.39, 0.29) is 6.79 Å². The van der Waals surface area contributed by atoms with Crippen molar-refractivity contribution >= 4 is 0 Å². The van der Waals surface area contributed by atoms with E-state index in [4.69, 9.17) is 14.2 Å². The van der Waals surface area contributed by atoms with E-state index in [1.54, 1.807) is 0 Å². The lowest BCUT2D eigenvalue weighted by molar-refractivity contribution is 0.0288. The van der Waals surface area contributed by atoms with Crippen molar-refractivity contribution in [2.45, 2.75) is 19.1 Å². The van der Waals surface area contributed by atoms with Gasteiger partial charge in [-0.25, -0.2) is 0 Å². The Kier molecular flexibility index (Phi) is 6.92. The molecule has 6 nitrogen and oxygen atoms in total. The van der Waals surface area contributed by atoms with Crippen LogP contribution in [0.3, 0.4) is 0 Å². The van der Waals surface area contributed by atoms with Crippen LogP contribution in [0.5, 0.6) is 11.5 Å². The Hall–Kier alpha value is -1.34. The van der Waals surface area contributed by atoms with Gasteiger partial charge in [0.25, 0.3) is 0 Å². The third kappa shape index (κ3) is 5.81. The number of aliphatic hydroxyl groups excluding tert-OH is 1. The van der Waals surface area contributed by atoms with E-state index in [1.807, 2.05) is 18.2 Å². The molecule has 1 aliphatic heterocycles. The van der Waals surface area contributed by atoms with E-state index >= 15 is 0 Å². The molecule has 2 rings (SSSR count). The van der Waals surface area contributed by atoms with Gasteiger partial charge >= 0.3 is 0 Å². The number of ether oxygens (including phenoxy) is 3. The zero-order valence-corrected chi connectivity index (χ0v) is 13.4. The van der Waals surface area contributed by atoms with Crippen LogP contribution in [0.25, 0.3) is 0 Å². The van der Waals surface area contributed by atoms with Crippen LogP contribution >= 0.6 is 0 Å². The molecule has 124 valence electrons. The molecule has 0 aromatic heterocycles. The lowest BCUT2D eigenvalue weighted by Crippen LogP contribution is -2.32. The summed E-state index contributed by atoms with van der Waals surface area (Å²) in [6, 6.07) is 5.73. The Bertz CT molecular complexity index is 454. The summed E-state index contributed by atoms with van der Waals surface area (Å²) < 4.78 is 16.1. The van der Waals surface area contributed by atoms with Crippen molar-refractivity contribution in [3.8, 4) is 11.5 Å². The monoisotopic (exact) mass is 310 g/mol. The average molecular weight is 310 g/mol. The quantitative estimate of drug-likeness (QED) is 0.624. The van der Waals surface area contributed by atoms with Crippen LogP contribution in [-0.4, -0.2) is 63.2 Å². The molecule has 0 bridgehead atoms. The molecule has 2 N–H and O–H groups in total. The molecule has 0 spiro atoms. The molecule has 0 saturated carbocycles. The van der Waals surface area contributed by atoms with Crippen molar-refractivity contribution in [3.05, 3.63) is 23.8 Å². The average Bonchev–Trinajstić information content (AvgIpc) is 2.94. The predicted octanol–water partition coefficient (Wildman–Crippen LogP) is 0.834. The summed E-state index contributed by atoms with van der Waals surface area (Å²) >= 11 is 0. The highest BCUT2D eigenvalue weighted by molar-refractivity contribution is 5.44. The fraction of sp³-hybridized carbons (Fsp3) is 0.625. The minimum absolute atomic E-state index is 0.276. The smallest absolute Gasteiger partial charge is 0.231 e. The van der Waals surface area contributed by atoms with Gasteiger partial charge < -0.3 is 29.5 Å². The second-order valence-electron chi connectivity index (χ2n) is 5.72. The largest absolute Gasteiger partial charge is 0.454 e. The van der Waals surface area contributed by atoms with Crippen molar-refractivity contribution in [3.63, 3.8) is 0 Å². The normalized spacial score (nSPS) is 14.5. The Balaban J connectivity index is 1.56. The number of benzene rings is 1. The number of aliphatic hydroxyl groups is 1. The van der Waals surface area contributed by atoms with E-state index < -0.39 is 6.10 Å². The first-order valence-corrected chi connectivity index (χ1v) is 7.65. The Labute approximate surface area is 132 Å². The van der Waals surface area contributed by atoms with Crippen LogP contribution in [0.2, 0.25) is 0 Å². The summed E-state index contributed by atoms with van der Waals surface area (Å²) in [6.07, 6.45) is 0.575. The number of hydrogen-bond acceptors (Lipinski definition) is 6. The molecule has 0 radical (unpaired) electrons. The summed E-state index contributed by atoms with van der Waals surface area (Å²) in [7, 11) is 4.11. The lowest BCUT2D eigenvalue weighted by Gasteiger charge is -2.13. The van der Waals surface area contributed by atoms with Crippen LogP contribution in [-0.2, 0) is 11.3 Å². The molecule has 0 amide bonds. The van der Waals surface area contributed by atoms with Gasteiger partial charge in [0.2, 0.25) is 6.79 Å². The zero-order valence-electron chi connectivity index (χ0n) is 13.4. The van der Waals surface area contributed by atoms with Gasteiger partial charge in [0, 0.05) is 6.54 Å². The second kappa shape index (κ2) is 8.95. The van der Waals surface area contributed by atoms with Crippen molar-refractivity contribution in [2.75, 3.05) is 47.1 Å². The van der Waals surface area contributed by atoms with Gasteiger partial charge in [-0.15, -0.1) is 0 Å². The molecule has 22 heavy (non-hydrogen) atoms. The molecule has 6 heteroatoms. The molecule has 0 unspecified atom stereocenters. The molecule has 1 aromatic rings. The Morgan fingerprint density at radius 1 is 1.32 bits per heavy atom. The molecule has 1 atom stereocenters. The highest BCUT2D eigenvalue weighted by atomic mass is 16.7. The Morgan fingerprint density at radius 2 is 2.14 bits per heavy atom. The lowest BCUT2D eigenvalue weighted by atomic mass is 10.2. The number of nitrogens with zero attached hydrogens (tertiary/aromatic N) is 1. The first-order chi connectivity index (χ1) is 10.6. The molecular weight excluding hydrogens is 284 g/mol. The summed E-state index contributed by atoms with van der Waals surface area (Å²) in [5, 5.41) is 13.1. The van der Waals surface area contributed by atoms with Gasteiger partial charge in [-0.1, -0.05) is 6.07 Å². The predicted molar refractivity (Wildman–Crippen MR) is 84.3 cm³/mol. The van der Waals surface area contributed by atoms with Gasteiger partial charge in [-0.05, 0) is 51.3 Å². The molecular formula is C16H26N2O4. The second-order valence-corrected chi connectivity index (χ2v) is 5.72. The van der Waals surface area contributed by atoms with E-state index in [0.29, 0.717) is 19.8 Å². The molecule has 0 aliphatic carbocycles. The first-order valence-electron chi connectivity index (χ1n) is 7.65. The van der Waals surface area contributed by atoms with E-state index in [2.05, 4.69) is 24.3 Å². The van der Waals surface area contributed by atoms with Crippen molar-refractivity contribution in [2.24, 2.45) is 0 Å². The van der Waals surface area contributed by atoms with Crippen molar-refractivity contribution < 1.29 is 19.3 Å². The first kappa shape index (κ1) is 17.0. The highest BCUT2D eigenvalue weighted by Gasteiger charge is 2.13. The van der Waals surface area contributed by atoms with Crippen molar-refractivity contribution in [1.82, 2.24) is 10.2 Å². The topological polar surface area (TPSA) is 63.2 Å². The molecule has 0 fully saturated rings. The summed E-state index contributed by atoms with van der Waals surface area (Å²) in [4.78, 5) is 2.15. The number of nitrogens with one attached hydrogen (secondary N) is 1. The number of fused-ring (bicyclic) bond motifs is 1. The fourth-order valence-corrected chi connectivity index (χ4v) is 2.19. The van der Waals surface area contributed by atoms with Gasteiger partial charge in [-0.3, -0.25) is 0 Å². The summed E-state index contributed by atoms with van der Waals surface area (Å²) in [5.41, 5.74) is 1.01. The standard InChI is InChI=1S/C16H26N2O4/c1-18(2)7-3-6-17-9-14(19)11-20-10-13-4-5-15-16(8-13)22-12-21-15/h4-5,8,14,17,19H,3,6-7,9-12H2,1-2H3/t14-/m1/s1. The number of rotatable bonds is 10. The summed E-state index contributed by atoms with van der Waals surface area (Å²) in [6.45, 7) is 3.54. The van der Waals surface area contributed by atoms with E-state index in [1.165, 1.54) is 0 Å². The van der Waals surface area contributed by atoms with Gasteiger partial charge in [0.1, 0.15) is 0 Å². The van der Waals surface area contributed by atoms with Gasteiger partial charge in [0.05, 0.1) is 19.3 Å². The zero-order chi connectivity index (χ0) is 15.8. The maximum absolute atomic E-state index is 9.85. The Morgan fingerprint density at radius 3 is 2.95 bits per heavy atom. The minimum Gasteiger partial charge on any atom is -0.454 e.